The maximum absolute atomic E-state index is 13.8. The summed E-state index contributed by atoms with van der Waals surface area (Å²) in [7, 11) is -4.35. The lowest BCUT2D eigenvalue weighted by atomic mass is 10.1. The van der Waals surface area contributed by atoms with E-state index in [1.165, 1.54) is 17.5 Å². The van der Waals surface area contributed by atoms with E-state index in [2.05, 4.69) is 26.9 Å². The molecule has 3 heterocycles. The minimum absolute atomic E-state index is 0.0856. The van der Waals surface area contributed by atoms with E-state index in [0.29, 0.717) is 15.3 Å². The zero-order chi connectivity index (χ0) is 33.8. The van der Waals surface area contributed by atoms with Crippen LogP contribution in [0.15, 0.2) is 65.8 Å². The van der Waals surface area contributed by atoms with Gasteiger partial charge in [-0.15, -0.1) is 13.2 Å². The van der Waals surface area contributed by atoms with Crippen LogP contribution in [0.3, 0.4) is 0 Å². The van der Waals surface area contributed by atoms with Crippen LogP contribution in [0.2, 0.25) is 0 Å². The summed E-state index contributed by atoms with van der Waals surface area (Å²) in [5, 5.41) is 3.29. The van der Waals surface area contributed by atoms with Crippen LogP contribution < -0.4 is 15.0 Å². The molecule has 2 aromatic heterocycles. The summed E-state index contributed by atoms with van der Waals surface area (Å²) in [5.74, 6) is -1.72. The van der Waals surface area contributed by atoms with E-state index in [4.69, 9.17) is 4.74 Å². The van der Waals surface area contributed by atoms with Crippen molar-refractivity contribution >= 4 is 48.6 Å². The van der Waals surface area contributed by atoms with Crippen LogP contribution in [0.5, 0.6) is 5.75 Å². The van der Waals surface area contributed by atoms with Crippen LogP contribution in [0, 0.1) is 0 Å². The first-order valence-corrected chi connectivity index (χ1v) is 17.0. The smallest absolute Gasteiger partial charge is 0.462 e. The number of carbonyl (C=O) groups excluding carboxylic acids is 2. The van der Waals surface area contributed by atoms with Gasteiger partial charge in [-0.25, -0.2) is 18.2 Å². The molecule has 2 aromatic carbocycles. The first kappa shape index (κ1) is 34.1. The maximum atomic E-state index is 13.8. The SMILES string of the molecule is CCCc1ccc(CNC(=O)C2CN(c3nc4c(C(=O)OCC)cncc4s3)CCN2S(=O)(=O)c2ccc(OC(F)(F)F)cc2)cc1. The number of thiazole rings is 1. The van der Waals surface area contributed by atoms with Crippen molar-refractivity contribution in [3.63, 3.8) is 0 Å². The molecule has 0 spiro atoms. The molecule has 250 valence electrons. The number of ether oxygens (including phenoxy) is 2. The number of carbonyl (C=O) groups is 2. The number of hydrogen-bond acceptors (Lipinski definition) is 10. The standard InChI is InChI=1S/C31H32F3N5O6S2/c1-3-5-20-6-8-21(9-7-20)16-36-28(40)25-19-38(30-37-27-24(29(41)44-4-2)17-35-18-26(27)46-30)14-15-39(25)47(42,43)23-12-10-22(11-13-23)45-31(32,33)34/h6-13,17-18,25H,3-5,14-16,19H2,1-2H3,(H,36,40). The third-order valence-electron chi connectivity index (χ3n) is 7.38. The second-order valence-corrected chi connectivity index (χ2v) is 13.5. The van der Waals surface area contributed by atoms with Gasteiger partial charge in [0.2, 0.25) is 15.9 Å². The number of sulfonamides is 1. The minimum Gasteiger partial charge on any atom is -0.462 e. The number of fused-ring (bicyclic) bond motifs is 1. The predicted molar refractivity (Wildman–Crippen MR) is 169 cm³/mol. The van der Waals surface area contributed by atoms with Crippen LogP contribution >= 0.6 is 11.3 Å². The molecule has 0 aliphatic carbocycles. The fourth-order valence-corrected chi connectivity index (χ4v) is 7.71. The summed E-state index contributed by atoms with van der Waals surface area (Å²) >= 11 is 1.23. The van der Waals surface area contributed by atoms with Crippen molar-refractivity contribution in [1.29, 1.82) is 0 Å². The fourth-order valence-electron chi connectivity index (χ4n) is 5.14. The molecule has 1 atom stereocenters. The number of aryl methyl sites for hydroxylation is 1. The second-order valence-electron chi connectivity index (χ2n) is 10.6. The number of nitrogens with zero attached hydrogens (tertiary/aromatic N) is 4. The van der Waals surface area contributed by atoms with Gasteiger partial charge in [-0.1, -0.05) is 48.9 Å². The van der Waals surface area contributed by atoms with Gasteiger partial charge in [0.25, 0.3) is 0 Å². The van der Waals surface area contributed by atoms with Crippen molar-refractivity contribution in [1.82, 2.24) is 19.6 Å². The van der Waals surface area contributed by atoms with Crippen LogP contribution in [0.4, 0.5) is 18.3 Å². The quantitative estimate of drug-likeness (QED) is 0.218. The van der Waals surface area contributed by atoms with E-state index in [9.17, 15) is 31.2 Å². The Labute approximate surface area is 273 Å². The van der Waals surface area contributed by atoms with E-state index >= 15 is 0 Å². The summed E-state index contributed by atoms with van der Waals surface area (Å²) in [5.41, 5.74) is 2.55. The third kappa shape index (κ3) is 8.00. The monoisotopic (exact) mass is 691 g/mol. The van der Waals surface area contributed by atoms with Gasteiger partial charge in [-0.3, -0.25) is 9.78 Å². The second kappa shape index (κ2) is 14.2. The predicted octanol–water partition coefficient (Wildman–Crippen LogP) is 4.92. The molecule has 0 saturated carbocycles. The number of nitrogens with one attached hydrogen (secondary N) is 1. The number of aromatic nitrogens is 2. The van der Waals surface area contributed by atoms with Gasteiger partial charge < -0.3 is 19.7 Å². The van der Waals surface area contributed by atoms with Crippen molar-refractivity contribution in [3.05, 3.63) is 77.6 Å². The lowest BCUT2D eigenvalue weighted by Crippen LogP contribution is -2.60. The molecule has 47 heavy (non-hydrogen) atoms. The Morgan fingerprint density at radius 2 is 1.72 bits per heavy atom. The van der Waals surface area contributed by atoms with E-state index < -0.39 is 40.1 Å². The van der Waals surface area contributed by atoms with Gasteiger partial charge in [-0.05, 0) is 48.7 Å². The molecule has 11 nitrogen and oxygen atoms in total. The summed E-state index contributed by atoms with van der Waals surface area (Å²) in [6, 6.07) is 10.3. The van der Waals surface area contributed by atoms with Crippen LogP contribution in [-0.4, -0.2) is 73.2 Å². The Bertz CT molecular complexity index is 1830. The molecule has 0 bridgehead atoms. The highest BCUT2D eigenvalue weighted by Gasteiger charge is 2.41. The molecule has 1 aliphatic rings. The lowest BCUT2D eigenvalue weighted by molar-refractivity contribution is -0.274. The van der Waals surface area contributed by atoms with Gasteiger partial charge in [0.15, 0.2) is 5.13 Å². The summed E-state index contributed by atoms with van der Waals surface area (Å²) in [4.78, 5) is 36.4. The molecule has 1 saturated heterocycles. The molecular weight excluding hydrogens is 659 g/mol. The topological polar surface area (TPSA) is 131 Å². The number of amides is 1. The first-order chi connectivity index (χ1) is 22.4. The highest BCUT2D eigenvalue weighted by molar-refractivity contribution is 7.89. The normalized spacial score (nSPS) is 15.9. The van der Waals surface area contributed by atoms with Crippen molar-refractivity contribution in [2.75, 3.05) is 31.1 Å². The number of hydrogen-bond donors (Lipinski definition) is 1. The van der Waals surface area contributed by atoms with Gasteiger partial charge >= 0.3 is 12.3 Å². The van der Waals surface area contributed by atoms with Crippen molar-refractivity contribution < 1.29 is 40.7 Å². The Balaban J connectivity index is 1.42. The van der Waals surface area contributed by atoms with Gasteiger partial charge in [0.05, 0.1) is 16.2 Å². The summed E-state index contributed by atoms with van der Waals surface area (Å²) in [6.07, 6.45) is -0.105. The molecule has 16 heteroatoms. The van der Waals surface area contributed by atoms with Crippen molar-refractivity contribution in [2.24, 2.45) is 0 Å². The van der Waals surface area contributed by atoms with Gasteiger partial charge in [0, 0.05) is 38.6 Å². The molecule has 1 fully saturated rings. The largest absolute Gasteiger partial charge is 0.573 e. The third-order valence-corrected chi connectivity index (χ3v) is 10.4. The first-order valence-electron chi connectivity index (χ1n) is 14.8. The molecule has 1 N–H and O–H groups in total. The Morgan fingerprint density at radius 1 is 1.02 bits per heavy atom. The number of alkyl halides is 3. The highest BCUT2D eigenvalue weighted by Crippen LogP contribution is 2.33. The van der Waals surface area contributed by atoms with Crippen LogP contribution in [-0.2, 0) is 32.5 Å². The Kier molecular flexibility index (Phi) is 10.3. The zero-order valence-corrected chi connectivity index (χ0v) is 27.1. The molecule has 5 rings (SSSR count). The van der Waals surface area contributed by atoms with E-state index in [1.807, 2.05) is 24.3 Å². The molecule has 1 aliphatic heterocycles. The van der Waals surface area contributed by atoms with Crippen molar-refractivity contribution in [2.45, 2.75) is 50.5 Å². The number of piperazine rings is 1. The number of halogens is 3. The fraction of sp³-hybridized carbons (Fsp3) is 0.355. The number of pyridine rings is 1. The zero-order valence-electron chi connectivity index (χ0n) is 25.5. The van der Waals surface area contributed by atoms with Crippen LogP contribution in [0.1, 0.15) is 41.8 Å². The Morgan fingerprint density at radius 3 is 2.38 bits per heavy atom. The maximum Gasteiger partial charge on any atom is 0.573 e. The van der Waals surface area contributed by atoms with E-state index in [-0.39, 0.29) is 43.2 Å². The number of rotatable bonds is 11. The van der Waals surface area contributed by atoms with Crippen LogP contribution in [0.25, 0.3) is 10.2 Å². The molecule has 4 aromatic rings. The molecular formula is C31H32F3N5O6S2. The number of esters is 1. The molecule has 1 unspecified atom stereocenters. The van der Waals surface area contributed by atoms with Gasteiger partial charge in [-0.2, -0.15) is 4.31 Å². The minimum atomic E-state index is -4.94. The molecule has 1 amide bonds. The van der Waals surface area contributed by atoms with Crippen molar-refractivity contribution in [3.8, 4) is 5.75 Å². The molecule has 0 radical (unpaired) electrons. The van der Waals surface area contributed by atoms with E-state index in [0.717, 1.165) is 52.5 Å². The summed E-state index contributed by atoms with van der Waals surface area (Å²) in [6.45, 7) is 4.00. The lowest BCUT2D eigenvalue weighted by Gasteiger charge is -2.39. The Hall–Kier alpha value is -4.28. The number of benzene rings is 2. The summed E-state index contributed by atoms with van der Waals surface area (Å²) < 4.78 is 76.3. The average molecular weight is 692 g/mol. The van der Waals surface area contributed by atoms with E-state index in [1.54, 1.807) is 18.0 Å². The highest BCUT2D eigenvalue weighted by atomic mass is 32.2. The average Bonchev–Trinajstić information content (AvgIpc) is 3.48. The van der Waals surface area contributed by atoms with Gasteiger partial charge in [0.1, 0.15) is 22.9 Å². The number of anilines is 1.